The molecule has 12 heteroatoms. The van der Waals surface area contributed by atoms with Gasteiger partial charge >= 0.3 is 12.1 Å². The van der Waals surface area contributed by atoms with Gasteiger partial charge in [0, 0.05) is 16.5 Å². The van der Waals surface area contributed by atoms with E-state index >= 15 is 0 Å². The number of hydroxylamine groups is 1. The average molecular weight is 533 g/mol. The molecule has 2 unspecified atom stereocenters. The molecule has 0 radical (unpaired) electrons. The zero-order chi connectivity index (χ0) is 24.8. The number of alkyl halides is 3. The minimum atomic E-state index is -4.89. The number of carboxylic acids is 1. The third kappa shape index (κ3) is 4.40. The molecule has 3 aromatic rings. The quantitative estimate of drug-likeness (QED) is 0.399. The van der Waals surface area contributed by atoms with E-state index in [0.29, 0.717) is 11.1 Å². The van der Waals surface area contributed by atoms with E-state index in [1.807, 2.05) is 0 Å². The number of aromatic carboxylic acids is 1. The van der Waals surface area contributed by atoms with Crippen LogP contribution >= 0.6 is 34.8 Å². The van der Waals surface area contributed by atoms with Crippen molar-refractivity contribution >= 4 is 46.7 Å². The summed E-state index contributed by atoms with van der Waals surface area (Å²) in [7, 11) is 0. The average Bonchev–Trinajstić information content (AvgIpc) is 3.15. The number of aryl methyl sites for hydroxylation is 1. The second-order valence-corrected chi connectivity index (χ2v) is 9.01. The van der Waals surface area contributed by atoms with Crippen molar-refractivity contribution in [2.75, 3.05) is 5.06 Å². The summed E-state index contributed by atoms with van der Waals surface area (Å²) in [5, 5.41) is 10.5. The lowest BCUT2D eigenvalue weighted by molar-refractivity contribution is -0.272. The van der Waals surface area contributed by atoms with Crippen LogP contribution in [0, 0.1) is 6.92 Å². The topological polar surface area (TPSA) is 75.5 Å². The van der Waals surface area contributed by atoms with Crippen molar-refractivity contribution in [2.24, 2.45) is 0 Å². The van der Waals surface area contributed by atoms with Crippen molar-refractivity contribution in [3.63, 3.8) is 0 Å². The van der Waals surface area contributed by atoms with Gasteiger partial charge in [0.1, 0.15) is 0 Å². The fourth-order valence-electron chi connectivity index (χ4n) is 3.90. The number of hydrogen-bond acceptors (Lipinski definition) is 5. The molecule has 2 heterocycles. The first-order valence-corrected chi connectivity index (χ1v) is 10.9. The maximum Gasteiger partial charge on any atom is 0.424 e. The second-order valence-electron chi connectivity index (χ2n) is 7.70. The summed E-state index contributed by atoms with van der Waals surface area (Å²) in [6.45, 7) is 1.56. The summed E-state index contributed by atoms with van der Waals surface area (Å²) in [6, 6.07) is 6.82. The summed E-state index contributed by atoms with van der Waals surface area (Å²) < 4.78 is 44.0. The number of aromatic nitrogens is 2. The molecule has 1 aromatic heterocycles. The zero-order valence-electron chi connectivity index (χ0n) is 17.3. The standard InChI is InChI=1S/C22H15Cl3F3N3O3/c1-11-4-12(2-3-17(11)19(32)33)18-8-21(22(26,27)28,13-5-14(23)7-15(24)6-13)34-31(18)20-29-9-16(25)10-30-20/h2-7,9-10,18H,8H2,1H3,(H,32,33). The summed E-state index contributed by atoms with van der Waals surface area (Å²) in [5.74, 6) is -1.31. The highest BCUT2D eigenvalue weighted by Gasteiger charge is 2.65. The number of carboxylic acid groups (broad SMARTS) is 1. The van der Waals surface area contributed by atoms with Crippen molar-refractivity contribution < 1.29 is 27.9 Å². The van der Waals surface area contributed by atoms with Crippen LogP contribution < -0.4 is 5.06 Å². The molecule has 1 N–H and O–H groups in total. The Hall–Kier alpha value is -2.59. The molecule has 2 atom stereocenters. The predicted molar refractivity (Wildman–Crippen MR) is 120 cm³/mol. The molecule has 4 rings (SSSR count). The number of carbonyl (C=O) groups is 1. The maximum atomic E-state index is 14.7. The highest BCUT2D eigenvalue weighted by atomic mass is 35.5. The Bertz CT molecular complexity index is 1240. The number of anilines is 1. The van der Waals surface area contributed by atoms with Crippen LogP contribution in [0.15, 0.2) is 48.8 Å². The van der Waals surface area contributed by atoms with E-state index in [4.69, 9.17) is 39.6 Å². The van der Waals surface area contributed by atoms with Gasteiger partial charge in [-0.3, -0.25) is 0 Å². The van der Waals surface area contributed by atoms with Gasteiger partial charge in [0.05, 0.1) is 29.0 Å². The van der Waals surface area contributed by atoms with Gasteiger partial charge < -0.3 is 5.11 Å². The van der Waals surface area contributed by atoms with Gasteiger partial charge in [-0.05, 0) is 47.9 Å². The van der Waals surface area contributed by atoms with Crippen LogP contribution in [0.2, 0.25) is 15.1 Å². The van der Waals surface area contributed by atoms with Crippen molar-refractivity contribution in [2.45, 2.75) is 31.2 Å². The Balaban J connectivity index is 1.90. The molecule has 2 aromatic carbocycles. The largest absolute Gasteiger partial charge is 0.478 e. The number of halogens is 6. The molecule has 178 valence electrons. The maximum absolute atomic E-state index is 14.7. The minimum absolute atomic E-state index is 0.00845. The van der Waals surface area contributed by atoms with Gasteiger partial charge in [-0.25, -0.2) is 24.7 Å². The lowest BCUT2D eigenvalue weighted by Gasteiger charge is -2.31. The van der Waals surface area contributed by atoms with Crippen LogP contribution in [0.3, 0.4) is 0 Å². The molecule has 0 amide bonds. The molecule has 1 aliphatic rings. The van der Waals surface area contributed by atoms with Crippen LogP contribution in [0.1, 0.15) is 39.5 Å². The van der Waals surface area contributed by atoms with Crippen molar-refractivity contribution in [1.82, 2.24) is 9.97 Å². The van der Waals surface area contributed by atoms with Crippen molar-refractivity contribution in [1.29, 1.82) is 0 Å². The molecule has 0 spiro atoms. The van der Waals surface area contributed by atoms with Crippen LogP contribution in [0.4, 0.5) is 19.1 Å². The van der Waals surface area contributed by atoms with E-state index in [1.165, 1.54) is 36.7 Å². The first-order valence-electron chi connectivity index (χ1n) is 9.74. The van der Waals surface area contributed by atoms with Crippen LogP contribution in [0.5, 0.6) is 0 Å². The highest BCUT2D eigenvalue weighted by molar-refractivity contribution is 6.34. The molecule has 1 saturated heterocycles. The Labute approximate surface area is 206 Å². The minimum Gasteiger partial charge on any atom is -0.478 e. The van der Waals surface area contributed by atoms with Gasteiger partial charge in [-0.1, -0.05) is 46.9 Å². The van der Waals surface area contributed by atoms with Gasteiger partial charge in [0.2, 0.25) is 11.5 Å². The Morgan fingerprint density at radius 3 is 2.24 bits per heavy atom. The lowest BCUT2D eigenvalue weighted by Crippen LogP contribution is -2.43. The van der Waals surface area contributed by atoms with E-state index in [9.17, 15) is 23.1 Å². The van der Waals surface area contributed by atoms with E-state index in [-0.39, 0.29) is 32.1 Å². The highest BCUT2D eigenvalue weighted by Crippen LogP contribution is 2.56. The van der Waals surface area contributed by atoms with Crippen LogP contribution in [-0.2, 0) is 10.4 Å². The van der Waals surface area contributed by atoms with E-state index in [2.05, 4.69) is 9.97 Å². The molecular formula is C22H15Cl3F3N3O3. The summed E-state index contributed by atoms with van der Waals surface area (Å²) >= 11 is 17.9. The first kappa shape index (κ1) is 24.5. The summed E-state index contributed by atoms with van der Waals surface area (Å²) in [5.41, 5.74) is -2.36. The SMILES string of the molecule is Cc1cc(C2CC(c3cc(Cl)cc(Cl)c3)(C(F)(F)F)ON2c2ncc(Cl)cn2)ccc1C(=O)O. The van der Waals surface area contributed by atoms with Crippen LogP contribution in [0.25, 0.3) is 0 Å². The Morgan fingerprint density at radius 2 is 1.71 bits per heavy atom. The lowest BCUT2D eigenvalue weighted by atomic mass is 9.85. The normalized spacial score (nSPS) is 20.6. The van der Waals surface area contributed by atoms with E-state index < -0.39 is 30.2 Å². The molecule has 34 heavy (non-hydrogen) atoms. The Morgan fingerprint density at radius 1 is 1.09 bits per heavy atom. The molecule has 1 fully saturated rings. The number of hydrogen-bond donors (Lipinski definition) is 1. The van der Waals surface area contributed by atoms with Gasteiger partial charge in [-0.15, -0.1) is 0 Å². The monoisotopic (exact) mass is 531 g/mol. The zero-order valence-corrected chi connectivity index (χ0v) is 19.5. The Kier molecular flexibility index (Phi) is 6.41. The smallest absolute Gasteiger partial charge is 0.424 e. The van der Waals surface area contributed by atoms with Crippen molar-refractivity contribution in [3.05, 3.63) is 86.1 Å². The van der Waals surface area contributed by atoms with E-state index in [1.54, 1.807) is 6.92 Å². The second kappa shape index (κ2) is 8.88. The third-order valence-electron chi connectivity index (χ3n) is 5.47. The molecular weight excluding hydrogens is 518 g/mol. The van der Waals surface area contributed by atoms with Gasteiger partial charge in [0.15, 0.2) is 0 Å². The fourth-order valence-corrected chi connectivity index (χ4v) is 4.52. The molecule has 0 aliphatic carbocycles. The third-order valence-corrected chi connectivity index (χ3v) is 6.11. The molecule has 1 aliphatic heterocycles. The van der Waals surface area contributed by atoms with Crippen LogP contribution in [-0.4, -0.2) is 27.2 Å². The summed E-state index contributed by atoms with van der Waals surface area (Å²) in [4.78, 5) is 25.1. The first-order chi connectivity index (χ1) is 15.9. The number of nitrogens with zero attached hydrogens (tertiary/aromatic N) is 3. The fraction of sp³-hybridized carbons (Fsp3) is 0.227. The predicted octanol–water partition coefficient (Wildman–Crippen LogP) is 6.78. The van der Waals surface area contributed by atoms with E-state index in [0.717, 1.165) is 17.2 Å². The molecule has 6 nitrogen and oxygen atoms in total. The molecule has 0 saturated carbocycles. The number of benzene rings is 2. The summed E-state index contributed by atoms with van der Waals surface area (Å²) in [6.07, 6.45) is -3.04. The van der Waals surface area contributed by atoms with Gasteiger partial charge in [-0.2, -0.15) is 13.2 Å². The van der Waals surface area contributed by atoms with Crippen molar-refractivity contribution in [3.8, 4) is 0 Å². The molecule has 0 bridgehead atoms. The number of rotatable bonds is 4. The van der Waals surface area contributed by atoms with Gasteiger partial charge in [0.25, 0.3) is 0 Å².